The van der Waals surface area contributed by atoms with Gasteiger partial charge in [0.2, 0.25) is 6.79 Å². The summed E-state index contributed by atoms with van der Waals surface area (Å²) in [5.41, 5.74) is 3.25. The van der Waals surface area contributed by atoms with Gasteiger partial charge >= 0.3 is 0 Å². The van der Waals surface area contributed by atoms with Crippen molar-refractivity contribution in [2.45, 2.75) is 6.54 Å². The lowest BCUT2D eigenvalue weighted by atomic mass is 10.1. The number of carbonyl (C=O) groups excluding carboxylic acids is 1. The Morgan fingerprint density at radius 3 is 2.54 bits per heavy atom. The lowest BCUT2D eigenvalue weighted by Gasteiger charge is -2.11. The zero-order valence-corrected chi connectivity index (χ0v) is 15.4. The number of hydrogen-bond acceptors (Lipinski definition) is 5. The molecule has 0 aromatic heterocycles. The second-order valence-electron chi connectivity index (χ2n) is 6.27. The van der Waals surface area contributed by atoms with E-state index in [0.29, 0.717) is 23.5 Å². The van der Waals surface area contributed by atoms with E-state index in [1.807, 2.05) is 48.5 Å². The number of hydrogen-bond donors (Lipinski definition) is 2. The molecule has 1 aliphatic rings. The van der Waals surface area contributed by atoms with Crippen LogP contribution in [-0.4, -0.2) is 19.8 Å². The Kier molecular flexibility index (Phi) is 5.01. The zero-order valence-electron chi connectivity index (χ0n) is 15.4. The molecule has 28 heavy (non-hydrogen) atoms. The van der Waals surface area contributed by atoms with Crippen molar-refractivity contribution >= 4 is 17.3 Å². The van der Waals surface area contributed by atoms with Crippen LogP contribution in [0.25, 0.3) is 0 Å². The molecular formula is C22H20N2O4. The van der Waals surface area contributed by atoms with Crippen LogP contribution in [0, 0.1) is 0 Å². The third kappa shape index (κ3) is 3.86. The van der Waals surface area contributed by atoms with E-state index in [2.05, 4.69) is 10.6 Å². The van der Waals surface area contributed by atoms with Gasteiger partial charge in [0.15, 0.2) is 11.5 Å². The summed E-state index contributed by atoms with van der Waals surface area (Å²) in [5, 5.41) is 6.24. The lowest BCUT2D eigenvalue weighted by Crippen LogP contribution is -2.13. The summed E-state index contributed by atoms with van der Waals surface area (Å²) < 4.78 is 16.0. The number of para-hydroxylation sites is 1. The van der Waals surface area contributed by atoms with Crippen molar-refractivity contribution in [1.29, 1.82) is 0 Å². The normalized spacial score (nSPS) is 11.8. The first-order valence-electron chi connectivity index (χ1n) is 8.90. The summed E-state index contributed by atoms with van der Waals surface area (Å²) in [4.78, 5) is 12.5. The summed E-state index contributed by atoms with van der Waals surface area (Å²) in [6.45, 7) is 0.928. The Morgan fingerprint density at radius 1 is 0.964 bits per heavy atom. The average molecular weight is 376 g/mol. The zero-order chi connectivity index (χ0) is 19.3. The molecule has 0 spiro atoms. The highest BCUT2D eigenvalue weighted by molar-refractivity contribution is 6.06. The van der Waals surface area contributed by atoms with Crippen LogP contribution >= 0.6 is 0 Å². The number of carbonyl (C=O) groups is 1. The fraction of sp³-hybridized carbons (Fsp3) is 0.136. The van der Waals surface area contributed by atoms with E-state index in [4.69, 9.17) is 14.2 Å². The fourth-order valence-corrected chi connectivity index (χ4v) is 2.96. The monoisotopic (exact) mass is 376 g/mol. The van der Waals surface area contributed by atoms with Crippen LogP contribution in [0.5, 0.6) is 17.2 Å². The molecule has 3 aromatic rings. The molecule has 0 saturated carbocycles. The molecule has 6 heteroatoms. The van der Waals surface area contributed by atoms with E-state index >= 15 is 0 Å². The molecule has 3 aromatic carbocycles. The van der Waals surface area contributed by atoms with Crippen molar-refractivity contribution < 1.29 is 19.0 Å². The van der Waals surface area contributed by atoms with E-state index in [0.717, 1.165) is 22.7 Å². The van der Waals surface area contributed by atoms with Crippen molar-refractivity contribution in [3.63, 3.8) is 0 Å². The summed E-state index contributed by atoms with van der Waals surface area (Å²) in [6.07, 6.45) is 0. The molecule has 0 aliphatic carbocycles. The number of fused-ring (bicyclic) bond motifs is 1. The number of rotatable bonds is 6. The minimum atomic E-state index is -0.210. The van der Waals surface area contributed by atoms with Gasteiger partial charge in [0, 0.05) is 17.9 Å². The maximum absolute atomic E-state index is 12.5. The Bertz CT molecular complexity index is 986. The largest absolute Gasteiger partial charge is 0.496 e. The van der Waals surface area contributed by atoms with Crippen molar-refractivity contribution in [3.05, 3.63) is 77.9 Å². The second kappa shape index (κ2) is 7.92. The topological polar surface area (TPSA) is 68.8 Å². The van der Waals surface area contributed by atoms with Crippen LogP contribution in [-0.2, 0) is 6.54 Å². The van der Waals surface area contributed by atoms with Crippen molar-refractivity contribution in [1.82, 2.24) is 0 Å². The van der Waals surface area contributed by atoms with E-state index in [9.17, 15) is 4.79 Å². The molecule has 0 saturated heterocycles. The molecule has 4 rings (SSSR count). The molecule has 142 valence electrons. The molecule has 1 heterocycles. The van der Waals surface area contributed by atoms with E-state index in [1.54, 1.807) is 25.3 Å². The van der Waals surface area contributed by atoms with Crippen molar-refractivity contribution in [2.24, 2.45) is 0 Å². The predicted octanol–water partition coefficient (Wildman–Crippen LogP) is 4.29. The first kappa shape index (κ1) is 17.7. The number of amides is 1. The Hall–Kier alpha value is -3.67. The van der Waals surface area contributed by atoms with Gasteiger partial charge in [-0.05, 0) is 54.1 Å². The van der Waals surface area contributed by atoms with Gasteiger partial charge < -0.3 is 24.8 Å². The van der Waals surface area contributed by atoms with Gasteiger partial charge in [-0.2, -0.15) is 0 Å². The van der Waals surface area contributed by atoms with Crippen LogP contribution in [0.4, 0.5) is 11.4 Å². The predicted molar refractivity (Wildman–Crippen MR) is 107 cm³/mol. The van der Waals surface area contributed by atoms with Crippen LogP contribution < -0.4 is 24.8 Å². The first-order chi connectivity index (χ1) is 13.7. The van der Waals surface area contributed by atoms with Crippen molar-refractivity contribution in [2.75, 3.05) is 24.5 Å². The minimum absolute atomic E-state index is 0.210. The summed E-state index contributed by atoms with van der Waals surface area (Å²) >= 11 is 0. The number of nitrogens with one attached hydrogen (secondary N) is 2. The molecule has 0 bridgehead atoms. The van der Waals surface area contributed by atoms with Crippen LogP contribution in [0.2, 0.25) is 0 Å². The standard InChI is InChI=1S/C22H20N2O4/c1-26-19-5-3-2-4-18(19)22(25)24-17-9-7-16(8-10-17)23-13-15-6-11-20-21(12-15)28-14-27-20/h2-12,23H,13-14H2,1H3,(H,24,25). The van der Waals surface area contributed by atoms with Crippen molar-refractivity contribution in [3.8, 4) is 17.2 Å². The van der Waals surface area contributed by atoms with E-state index in [1.165, 1.54) is 0 Å². The fourth-order valence-electron chi connectivity index (χ4n) is 2.96. The molecule has 0 radical (unpaired) electrons. The Morgan fingerprint density at radius 2 is 1.71 bits per heavy atom. The average Bonchev–Trinajstić information content (AvgIpc) is 3.21. The third-order valence-electron chi connectivity index (χ3n) is 4.43. The summed E-state index contributed by atoms with van der Waals surface area (Å²) in [6, 6.07) is 20.6. The quantitative estimate of drug-likeness (QED) is 0.672. The third-order valence-corrected chi connectivity index (χ3v) is 4.43. The molecule has 6 nitrogen and oxygen atoms in total. The number of ether oxygens (including phenoxy) is 3. The van der Waals surface area contributed by atoms with Gasteiger partial charge in [0.25, 0.3) is 5.91 Å². The van der Waals surface area contributed by atoms with Gasteiger partial charge in [0.05, 0.1) is 12.7 Å². The van der Waals surface area contributed by atoms with Gasteiger partial charge in [0.1, 0.15) is 5.75 Å². The molecule has 0 fully saturated rings. The van der Waals surface area contributed by atoms with Gasteiger partial charge in [-0.25, -0.2) is 0 Å². The second-order valence-corrected chi connectivity index (χ2v) is 6.27. The number of methoxy groups -OCH3 is 1. The summed E-state index contributed by atoms with van der Waals surface area (Å²) in [5.74, 6) is 1.88. The van der Waals surface area contributed by atoms with E-state index < -0.39 is 0 Å². The Labute approximate surface area is 163 Å². The SMILES string of the molecule is COc1ccccc1C(=O)Nc1ccc(NCc2ccc3c(c2)OCO3)cc1. The minimum Gasteiger partial charge on any atom is -0.496 e. The Balaban J connectivity index is 1.36. The highest BCUT2D eigenvalue weighted by Gasteiger charge is 2.13. The molecule has 1 amide bonds. The maximum atomic E-state index is 12.5. The molecule has 0 atom stereocenters. The lowest BCUT2D eigenvalue weighted by molar-refractivity contribution is 0.102. The molecular weight excluding hydrogens is 356 g/mol. The highest BCUT2D eigenvalue weighted by Crippen LogP contribution is 2.32. The van der Waals surface area contributed by atoms with Gasteiger partial charge in [-0.15, -0.1) is 0 Å². The molecule has 1 aliphatic heterocycles. The van der Waals surface area contributed by atoms with Gasteiger partial charge in [-0.3, -0.25) is 4.79 Å². The first-order valence-corrected chi connectivity index (χ1v) is 8.90. The van der Waals surface area contributed by atoms with Crippen LogP contribution in [0.15, 0.2) is 66.7 Å². The summed E-state index contributed by atoms with van der Waals surface area (Å²) in [7, 11) is 1.55. The molecule has 0 unspecified atom stereocenters. The molecule has 2 N–H and O–H groups in total. The smallest absolute Gasteiger partial charge is 0.259 e. The number of anilines is 2. The van der Waals surface area contributed by atoms with Gasteiger partial charge in [-0.1, -0.05) is 18.2 Å². The van der Waals surface area contributed by atoms with E-state index in [-0.39, 0.29) is 12.7 Å². The van der Waals surface area contributed by atoms with Crippen LogP contribution in [0.3, 0.4) is 0 Å². The maximum Gasteiger partial charge on any atom is 0.259 e. The van der Waals surface area contributed by atoms with Crippen LogP contribution in [0.1, 0.15) is 15.9 Å². The number of benzene rings is 3. The highest BCUT2D eigenvalue weighted by atomic mass is 16.7.